The van der Waals surface area contributed by atoms with Crippen LogP contribution in [-0.4, -0.2) is 11.2 Å². The molecule has 1 N–H and O–H groups in total. The van der Waals surface area contributed by atoms with Crippen LogP contribution in [0.1, 0.15) is 85.0 Å². The standard InChI is InChI=1S/C21H36O/c1-4-14-6-8-18-17-7-5-15-13-16(22)9-11-21(15,3)19(17)10-12-20(14,18)2/h14-19,22H,4-13H2,1-3H3/t14-,15?,16?,17?,18?,19?,20+,21-/m0/s1. The molecular weight excluding hydrogens is 268 g/mol. The van der Waals surface area contributed by atoms with Gasteiger partial charge in [-0.3, -0.25) is 0 Å². The fourth-order valence-electron chi connectivity index (χ4n) is 8.01. The predicted molar refractivity (Wildman–Crippen MR) is 91.5 cm³/mol. The minimum absolute atomic E-state index is 0.000524. The number of fused-ring (bicyclic) bond motifs is 5. The van der Waals surface area contributed by atoms with Crippen molar-refractivity contribution in [2.45, 2.75) is 91.1 Å². The van der Waals surface area contributed by atoms with E-state index in [-0.39, 0.29) is 6.10 Å². The third kappa shape index (κ3) is 2.00. The Morgan fingerprint density at radius 2 is 1.59 bits per heavy atom. The molecule has 0 aromatic rings. The Bertz CT molecular complexity index is 432. The topological polar surface area (TPSA) is 20.2 Å². The van der Waals surface area contributed by atoms with E-state index >= 15 is 0 Å². The van der Waals surface area contributed by atoms with E-state index in [2.05, 4.69) is 20.8 Å². The van der Waals surface area contributed by atoms with Crippen molar-refractivity contribution in [3.8, 4) is 0 Å². The van der Waals surface area contributed by atoms with Crippen molar-refractivity contribution in [1.29, 1.82) is 0 Å². The monoisotopic (exact) mass is 304 g/mol. The fraction of sp³-hybridized carbons (Fsp3) is 1.00. The highest BCUT2D eigenvalue weighted by Gasteiger charge is 2.59. The fourth-order valence-corrected chi connectivity index (χ4v) is 8.01. The molecule has 0 spiro atoms. The second-order valence-electron chi connectivity index (χ2n) is 9.81. The minimum Gasteiger partial charge on any atom is -0.393 e. The van der Waals surface area contributed by atoms with Crippen molar-refractivity contribution < 1.29 is 5.11 Å². The van der Waals surface area contributed by atoms with Gasteiger partial charge < -0.3 is 5.11 Å². The van der Waals surface area contributed by atoms with Crippen molar-refractivity contribution in [3.63, 3.8) is 0 Å². The lowest BCUT2D eigenvalue weighted by Gasteiger charge is -2.61. The van der Waals surface area contributed by atoms with E-state index in [0.29, 0.717) is 10.8 Å². The van der Waals surface area contributed by atoms with Gasteiger partial charge in [0, 0.05) is 0 Å². The number of aliphatic hydroxyl groups excluding tert-OH is 1. The van der Waals surface area contributed by atoms with Crippen LogP contribution in [-0.2, 0) is 0 Å². The Kier molecular flexibility index (Phi) is 3.68. The number of hydrogen-bond acceptors (Lipinski definition) is 1. The zero-order valence-corrected chi connectivity index (χ0v) is 15.0. The molecule has 22 heavy (non-hydrogen) atoms. The summed E-state index contributed by atoms with van der Waals surface area (Å²) in [6, 6.07) is 0. The van der Waals surface area contributed by atoms with Crippen molar-refractivity contribution >= 4 is 0 Å². The molecule has 126 valence electrons. The van der Waals surface area contributed by atoms with Gasteiger partial charge in [-0.25, -0.2) is 0 Å². The van der Waals surface area contributed by atoms with Crippen LogP contribution in [0.25, 0.3) is 0 Å². The van der Waals surface area contributed by atoms with E-state index in [1.807, 2.05) is 0 Å². The minimum atomic E-state index is -0.000524. The third-order valence-electron chi connectivity index (χ3n) is 9.33. The highest BCUT2D eigenvalue weighted by molar-refractivity contribution is 5.08. The molecule has 0 amide bonds. The molecule has 4 aliphatic carbocycles. The molecule has 8 atom stereocenters. The first-order valence-corrected chi connectivity index (χ1v) is 10.2. The predicted octanol–water partition coefficient (Wildman–Crippen LogP) is 5.42. The molecule has 4 aliphatic rings. The molecule has 0 radical (unpaired) electrons. The molecule has 4 saturated carbocycles. The molecule has 0 saturated heterocycles. The Balaban J connectivity index is 1.61. The maximum absolute atomic E-state index is 10.1. The van der Waals surface area contributed by atoms with E-state index in [1.165, 1.54) is 51.4 Å². The van der Waals surface area contributed by atoms with Gasteiger partial charge in [-0.2, -0.15) is 0 Å². The average Bonchev–Trinajstić information content (AvgIpc) is 2.84. The van der Waals surface area contributed by atoms with Crippen molar-refractivity contribution in [1.82, 2.24) is 0 Å². The molecule has 4 fully saturated rings. The molecule has 0 aromatic heterocycles. The summed E-state index contributed by atoms with van der Waals surface area (Å²) in [6.45, 7) is 7.68. The lowest BCUT2D eigenvalue weighted by atomic mass is 9.44. The summed E-state index contributed by atoms with van der Waals surface area (Å²) in [6.07, 6.45) is 13.7. The largest absolute Gasteiger partial charge is 0.393 e. The van der Waals surface area contributed by atoms with Gasteiger partial charge in [0.05, 0.1) is 6.10 Å². The van der Waals surface area contributed by atoms with Gasteiger partial charge in [-0.15, -0.1) is 0 Å². The highest BCUT2D eigenvalue weighted by atomic mass is 16.3. The zero-order chi connectivity index (χ0) is 15.5. The first-order valence-electron chi connectivity index (χ1n) is 10.2. The van der Waals surface area contributed by atoms with Crippen LogP contribution in [0, 0.1) is 40.4 Å². The van der Waals surface area contributed by atoms with Gasteiger partial charge in [-0.05, 0) is 98.2 Å². The molecule has 0 bridgehead atoms. The number of hydrogen-bond donors (Lipinski definition) is 1. The molecule has 1 nitrogen and oxygen atoms in total. The van der Waals surface area contributed by atoms with Crippen molar-refractivity contribution in [3.05, 3.63) is 0 Å². The molecule has 0 aromatic carbocycles. The molecule has 1 heteroatoms. The van der Waals surface area contributed by atoms with Gasteiger partial charge in [0.1, 0.15) is 0 Å². The second-order valence-corrected chi connectivity index (χ2v) is 9.81. The summed E-state index contributed by atoms with van der Waals surface area (Å²) < 4.78 is 0. The van der Waals surface area contributed by atoms with Crippen LogP contribution >= 0.6 is 0 Å². The summed E-state index contributed by atoms with van der Waals surface area (Å²) in [4.78, 5) is 0. The molecule has 5 unspecified atom stereocenters. The Labute approximate surface area is 137 Å². The van der Waals surface area contributed by atoms with Crippen molar-refractivity contribution in [2.75, 3.05) is 0 Å². The Morgan fingerprint density at radius 1 is 0.864 bits per heavy atom. The van der Waals surface area contributed by atoms with Gasteiger partial charge in [0.15, 0.2) is 0 Å². The van der Waals surface area contributed by atoms with E-state index in [1.54, 1.807) is 0 Å². The molecule has 4 rings (SSSR count). The summed E-state index contributed by atoms with van der Waals surface area (Å²) >= 11 is 0. The van der Waals surface area contributed by atoms with Crippen LogP contribution in [0.2, 0.25) is 0 Å². The van der Waals surface area contributed by atoms with Gasteiger partial charge >= 0.3 is 0 Å². The lowest BCUT2D eigenvalue weighted by Crippen LogP contribution is -2.53. The normalized spacial score (nSPS) is 57.8. The smallest absolute Gasteiger partial charge is 0.0543 e. The summed E-state index contributed by atoms with van der Waals surface area (Å²) in [5, 5.41) is 10.1. The van der Waals surface area contributed by atoms with E-state index < -0.39 is 0 Å². The SMILES string of the molecule is CC[C@H]1CCC2C3CCC4CC(O)CC[C@]4(C)C3CC[C@@]21C. The average molecular weight is 305 g/mol. The summed E-state index contributed by atoms with van der Waals surface area (Å²) in [5.74, 6) is 4.79. The van der Waals surface area contributed by atoms with Crippen LogP contribution in [0.15, 0.2) is 0 Å². The quantitative estimate of drug-likeness (QED) is 0.686. The van der Waals surface area contributed by atoms with Crippen LogP contribution in [0.3, 0.4) is 0 Å². The van der Waals surface area contributed by atoms with Crippen molar-refractivity contribution in [2.24, 2.45) is 40.4 Å². The highest BCUT2D eigenvalue weighted by Crippen LogP contribution is 2.67. The zero-order valence-electron chi connectivity index (χ0n) is 15.0. The van der Waals surface area contributed by atoms with Gasteiger partial charge in [-0.1, -0.05) is 27.2 Å². The molecule has 0 heterocycles. The molecule has 0 aliphatic heterocycles. The van der Waals surface area contributed by atoms with E-state index in [0.717, 1.165) is 42.4 Å². The van der Waals surface area contributed by atoms with Gasteiger partial charge in [0.2, 0.25) is 0 Å². The Hall–Kier alpha value is -0.0400. The maximum Gasteiger partial charge on any atom is 0.0543 e. The maximum atomic E-state index is 10.1. The van der Waals surface area contributed by atoms with Crippen LogP contribution in [0.4, 0.5) is 0 Å². The second kappa shape index (κ2) is 5.23. The van der Waals surface area contributed by atoms with Gasteiger partial charge in [0.25, 0.3) is 0 Å². The van der Waals surface area contributed by atoms with Crippen LogP contribution in [0.5, 0.6) is 0 Å². The lowest BCUT2D eigenvalue weighted by molar-refractivity contribution is -0.126. The third-order valence-corrected chi connectivity index (χ3v) is 9.33. The number of aliphatic hydroxyl groups is 1. The summed E-state index contributed by atoms with van der Waals surface area (Å²) in [7, 11) is 0. The molecular formula is C21H36O. The first kappa shape index (κ1) is 15.5. The summed E-state index contributed by atoms with van der Waals surface area (Å²) in [5.41, 5.74) is 1.21. The van der Waals surface area contributed by atoms with Crippen LogP contribution < -0.4 is 0 Å². The van der Waals surface area contributed by atoms with E-state index in [9.17, 15) is 5.11 Å². The first-order chi connectivity index (χ1) is 10.5. The Morgan fingerprint density at radius 3 is 2.36 bits per heavy atom. The number of rotatable bonds is 1. The van der Waals surface area contributed by atoms with E-state index in [4.69, 9.17) is 0 Å².